The van der Waals surface area contributed by atoms with E-state index in [0.717, 1.165) is 102 Å². The summed E-state index contributed by atoms with van der Waals surface area (Å²) in [6, 6.07) is 12.5. The summed E-state index contributed by atoms with van der Waals surface area (Å²) in [5, 5.41) is 10.5. The molecule has 3 atom stereocenters. The minimum atomic E-state index is -4.59. The van der Waals surface area contributed by atoms with Crippen molar-refractivity contribution < 1.29 is 46.2 Å². The smallest absolute Gasteiger partial charge is 0.379 e. The summed E-state index contributed by atoms with van der Waals surface area (Å²) in [6.45, 7) is 14.9. The maximum Gasteiger partial charge on any atom is 0.416 e. The van der Waals surface area contributed by atoms with E-state index in [9.17, 15) is 32.3 Å². The van der Waals surface area contributed by atoms with E-state index in [1.54, 1.807) is 31.5 Å². The van der Waals surface area contributed by atoms with E-state index in [2.05, 4.69) is 51.1 Å². The van der Waals surface area contributed by atoms with Crippen LogP contribution in [0.1, 0.15) is 152 Å². The highest BCUT2D eigenvalue weighted by Gasteiger charge is 2.47. The van der Waals surface area contributed by atoms with E-state index in [4.69, 9.17) is 9.47 Å². The van der Waals surface area contributed by atoms with Gasteiger partial charge in [-0.3, -0.25) is 34.3 Å². The number of amides is 4. The Bertz CT molecular complexity index is 3000. The lowest BCUT2D eigenvalue weighted by Crippen LogP contribution is -2.59. The molecule has 436 valence electrons. The van der Waals surface area contributed by atoms with Gasteiger partial charge in [0.2, 0.25) is 11.8 Å². The van der Waals surface area contributed by atoms with Gasteiger partial charge in [-0.2, -0.15) is 13.2 Å². The standard InChI is InChI=1S/C37H48F3N7O2.C24H30FN3O4/c1-25-33-30(34(48)47(25)29-10-6-9-28(16-29)36(22-49-23-36)17-32-42-41-24-44(32)5)14-27(15-31(33)37(38,39)40)19-45-11-7-8-26(18-45)20-46-13-12-43(4)21-35(46,2)3;25-22-18-14-28(20-8-9-21(29)26-23(20)30)24(31)17(18)6-7-19(22)27-12-10-16(11-13-27)32-15-4-2-1-3-5-15/h6,9-10,14-16,24-26H,7-8,11-13,17-23H2,1-5H3;6-7,15-16,20H,1-5,8-14H2,(H,26,29,30). The number of likely N-dealkylation sites (N-methyl/N-ethyl adjacent to an activating group) is 1. The third-order valence-corrected chi connectivity index (χ3v) is 18.7. The Kier molecular flexibility index (Phi) is 16.3. The number of alkyl halides is 3. The zero-order valence-corrected chi connectivity index (χ0v) is 47.5. The van der Waals surface area contributed by atoms with Crippen molar-refractivity contribution in [1.29, 1.82) is 0 Å². The predicted octanol–water partition coefficient (Wildman–Crippen LogP) is 8.21. The van der Waals surface area contributed by atoms with Crippen LogP contribution in [0.25, 0.3) is 0 Å². The molecule has 0 bridgehead atoms. The number of aryl methyl sites for hydroxylation is 1. The number of hydrogen-bond acceptors (Lipinski definition) is 12. The van der Waals surface area contributed by atoms with Gasteiger partial charge in [-0.25, -0.2) is 4.39 Å². The molecule has 1 saturated carbocycles. The van der Waals surface area contributed by atoms with E-state index in [1.807, 2.05) is 40.8 Å². The Labute approximate surface area is 472 Å². The number of halogens is 4. The van der Waals surface area contributed by atoms with Crippen LogP contribution in [0.4, 0.5) is 28.9 Å². The molecule has 0 radical (unpaired) electrons. The lowest BCUT2D eigenvalue weighted by molar-refractivity contribution is -0.139. The molecule has 12 rings (SSSR count). The van der Waals surface area contributed by atoms with Gasteiger partial charge in [-0.1, -0.05) is 31.4 Å². The van der Waals surface area contributed by atoms with E-state index in [-0.39, 0.29) is 65.2 Å². The molecule has 16 nitrogen and oxygen atoms in total. The number of fused-ring (bicyclic) bond motifs is 2. The fourth-order valence-corrected chi connectivity index (χ4v) is 14.2. The number of ether oxygens (including phenoxy) is 2. The first-order valence-corrected chi connectivity index (χ1v) is 29.4. The highest BCUT2D eigenvalue weighted by atomic mass is 19.4. The van der Waals surface area contributed by atoms with Gasteiger partial charge in [-0.15, -0.1) is 10.2 Å². The Morgan fingerprint density at radius 2 is 1.60 bits per heavy atom. The second-order valence-corrected chi connectivity index (χ2v) is 25.0. The number of nitrogens with one attached hydrogen (secondary N) is 1. The number of piperidine rings is 3. The normalized spacial score (nSPS) is 24.9. The molecule has 0 spiro atoms. The Morgan fingerprint density at radius 1 is 0.840 bits per heavy atom. The maximum atomic E-state index is 15.5. The number of rotatable bonds is 12. The third-order valence-electron chi connectivity index (χ3n) is 18.7. The molecule has 81 heavy (non-hydrogen) atoms. The molecule has 3 unspecified atom stereocenters. The first kappa shape index (κ1) is 57.0. The summed E-state index contributed by atoms with van der Waals surface area (Å²) in [5.74, 6) is -0.666. The number of aromatic nitrogens is 3. The van der Waals surface area contributed by atoms with Crippen molar-refractivity contribution in [2.45, 2.75) is 152 Å². The SMILES string of the molecule is CC1c2c(cc(CN3CCCC(CN4CCN(C)CC4(C)C)C3)cc2C(F)(F)F)C(=O)N1c1cccc(C2(Cc3nncn3C)COC2)c1.O=C1CCC(N2Cc3c(ccc(N4CCC(OC5CCCCC5)CC4)c3F)C2=O)C(=O)N1. The molecule has 7 aliphatic heterocycles. The van der Waals surface area contributed by atoms with Crippen LogP contribution in [0, 0.1) is 11.7 Å². The van der Waals surface area contributed by atoms with Gasteiger partial charge in [0.15, 0.2) is 5.82 Å². The number of imide groups is 1. The molecule has 4 aromatic rings. The monoisotopic (exact) mass is 1120 g/mol. The summed E-state index contributed by atoms with van der Waals surface area (Å²) in [7, 11) is 4.06. The quantitative estimate of drug-likeness (QED) is 0.108. The van der Waals surface area contributed by atoms with Gasteiger partial charge in [0.05, 0.1) is 49.3 Å². The Balaban J connectivity index is 0.000000186. The molecule has 8 aliphatic rings. The van der Waals surface area contributed by atoms with E-state index < -0.39 is 35.6 Å². The highest BCUT2D eigenvalue weighted by Crippen LogP contribution is 2.47. The summed E-state index contributed by atoms with van der Waals surface area (Å²) in [4.78, 5) is 62.8. The molecule has 4 amide bonds. The number of carbonyl (C=O) groups excluding carboxylic acids is 4. The van der Waals surface area contributed by atoms with Crippen molar-refractivity contribution in [2.75, 3.05) is 82.4 Å². The molecule has 1 aromatic heterocycles. The molecule has 20 heteroatoms. The topological polar surface area (TPSA) is 149 Å². The van der Waals surface area contributed by atoms with Crippen LogP contribution in [-0.2, 0) is 57.2 Å². The van der Waals surface area contributed by atoms with Crippen LogP contribution in [-0.4, -0.2) is 154 Å². The lowest BCUT2D eigenvalue weighted by Gasteiger charge is -2.48. The van der Waals surface area contributed by atoms with Crippen LogP contribution in [0.5, 0.6) is 0 Å². The third kappa shape index (κ3) is 11.8. The Morgan fingerprint density at radius 3 is 2.30 bits per heavy atom. The lowest BCUT2D eigenvalue weighted by atomic mass is 9.75. The molecule has 8 heterocycles. The fraction of sp³-hybridized carbons (Fsp3) is 0.607. The summed E-state index contributed by atoms with van der Waals surface area (Å²) in [6.07, 6.45) is 8.70. The minimum absolute atomic E-state index is 0.0567. The summed E-state index contributed by atoms with van der Waals surface area (Å²) < 4.78 is 73.6. The van der Waals surface area contributed by atoms with Crippen molar-refractivity contribution in [3.8, 4) is 0 Å². The average Bonchev–Trinajstić information content (AvgIpc) is 4.14. The molecule has 3 aromatic carbocycles. The minimum Gasteiger partial charge on any atom is -0.379 e. The second-order valence-electron chi connectivity index (χ2n) is 25.0. The van der Waals surface area contributed by atoms with Gasteiger partial charge in [0, 0.05) is 106 Å². The van der Waals surface area contributed by atoms with Gasteiger partial charge in [0.25, 0.3) is 11.8 Å². The van der Waals surface area contributed by atoms with Crippen molar-refractivity contribution >= 4 is 35.0 Å². The number of likely N-dealkylation sites (tertiary alicyclic amines) is 1. The number of hydrogen-bond donors (Lipinski definition) is 1. The molecular formula is C61H78F4N10O6. The number of piperazine rings is 1. The summed E-state index contributed by atoms with van der Waals surface area (Å²) in [5.41, 5.74) is 2.48. The fourth-order valence-electron chi connectivity index (χ4n) is 14.2. The molecule has 1 aliphatic carbocycles. The van der Waals surface area contributed by atoms with Crippen molar-refractivity contribution in [3.63, 3.8) is 0 Å². The van der Waals surface area contributed by atoms with Gasteiger partial charge in [0.1, 0.15) is 18.2 Å². The van der Waals surface area contributed by atoms with Crippen molar-refractivity contribution in [3.05, 3.63) is 105 Å². The van der Waals surface area contributed by atoms with E-state index in [0.29, 0.717) is 66.3 Å². The zero-order chi connectivity index (χ0) is 57.0. The first-order chi connectivity index (χ1) is 38.7. The number of nitrogens with zero attached hydrogens (tertiary/aromatic N) is 9. The van der Waals surface area contributed by atoms with Crippen LogP contribution in [0.3, 0.4) is 0 Å². The second kappa shape index (κ2) is 23.1. The zero-order valence-electron chi connectivity index (χ0n) is 47.5. The highest BCUT2D eigenvalue weighted by molar-refractivity contribution is 6.11. The van der Waals surface area contributed by atoms with Gasteiger partial charge >= 0.3 is 6.18 Å². The summed E-state index contributed by atoms with van der Waals surface area (Å²) >= 11 is 0. The molecule has 1 N–H and O–H groups in total. The van der Waals surface area contributed by atoms with E-state index in [1.165, 1.54) is 35.1 Å². The van der Waals surface area contributed by atoms with Crippen molar-refractivity contribution in [1.82, 2.24) is 39.7 Å². The number of anilines is 2. The average molecular weight is 1120 g/mol. The van der Waals surface area contributed by atoms with Crippen LogP contribution < -0.4 is 15.1 Å². The van der Waals surface area contributed by atoms with Gasteiger partial charge in [-0.05, 0) is 138 Å². The molecule has 6 fully saturated rings. The van der Waals surface area contributed by atoms with Crippen molar-refractivity contribution in [2.24, 2.45) is 13.0 Å². The van der Waals surface area contributed by atoms with Gasteiger partial charge < -0.3 is 33.6 Å². The Hall–Kier alpha value is -5.80. The number of carbonyl (C=O) groups is 4. The van der Waals surface area contributed by atoms with Crippen LogP contribution in [0.15, 0.2) is 54.9 Å². The molecular weight excluding hydrogens is 1040 g/mol. The van der Waals surface area contributed by atoms with E-state index >= 15 is 4.39 Å². The number of benzene rings is 3. The first-order valence-electron chi connectivity index (χ1n) is 29.4. The van der Waals surface area contributed by atoms with Crippen LogP contribution in [0.2, 0.25) is 0 Å². The predicted molar refractivity (Wildman–Crippen MR) is 297 cm³/mol. The maximum absolute atomic E-state index is 15.5. The molecule has 5 saturated heterocycles. The van der Waals surface area contributed by atoms with Crippen LogP contribution >= 0.6 is 0 Å². The largest absolute Gasteiger partial charge is 0.416 e.